The lowest BCUT2D eigenvalue weighted by Crippen LogP contribution is -2.47. The minimum Gasteiger partial charge on any atom is -0.489 e. The molecule has 28 heavy (non-hydrogen) atoms. The van der Waals surface area contributed by atoms with Crippen LogP contribution in [0.15, 0.2) is 24.4 Å². The molecule has 0 unspecified atom stereocenters. The summed E-state index contributed by atoms with van der Waals surface area (Å²) < 4.78 is 8.49. The van der Waals surface area contributed by atoms with Crippen molar-refractivity contribution in [2.75, 3.05) is 39.3 Å². The first kappa shape index (κ1) is 20.9. The second-order valence-electron chi connectivity index (χ2n) is 8.19. The molecule has 0 radical (unpaired) electrons. The number of carbonyl (C=O) groups excluding carboxylic acids is 1. The first-order valence-electron chi connectivity index (χ1n) is 10.7. The number of ketones is 1. The number of Topliss-reactive ketones (excluding diaryl/α,β-unsaturated/α-hetero) is 1. The van der Waals surface area contributed by atoms with Gasteiger partial charge in [0.2, 0.25) is 0 Å². The number of hydrogen-bond donors (Lipinski definition) is 0. The van der Waals surface area contributed by atoms with Crippen molar-refractivity contribution in [2.24, 2.45) is 0 Å². The summed E-state index contributed by atoms with van der Waals surface area (Å²) in [5, 5.41) is 1.32. The van der Waals surface area contributed by atoms with E-state index >= 15 is 0 Å². The highest BCUT2D eigenvalue weighted by Gasteiger charge is 2.18. The van der Waals surface area contributed by atoms with Crippen LogP contribution >= 0.6 is 0 Å². The van der Waals surface area contributed by atoms with Gasteiger partial charge in [0.05, 0.1) is 18.2 Å². The van der Waals surface area contributed by atoms with Gasteiger partial charge in [-0.1, -0.05) is 19.1 Å². The monoisotopic (exact) mass is 385 g/mol. The van der Waals surface area contributed by atoms with Gasteiger partial charge in [-0.05, 0) is 51.8 Å². The molecule has 5 nitrogen and oxygen atoms in total. The number of fused-ring (bicyclic) bond motifs is 1. The van der Waals surface area contributed by atoms with E-state index in [1.165, 1.54) is 16.5 Å². The summed E-state index contributed by atoms with van der Waals surface area (Å²) in [5.74, 6) is 1.25. The molecule has 1 aromatic heterocycles. The van der Waals surface area contributed by atoms with Gasteiger partial charge in [-0.15, -0.1) is 0 Å². The van der Waals surface area contributed by atoms with Gasteiger partial charge in [0.25, 0.3) is 0 Å². The van der Waals surface area contributed by atoms with Crippen LogP contribution in [0.4, 0.5) is 0 Å². The van der Waals surface area contributed by atoms with Gasteiger partial charge in [0, 0.05) is 44.3 Å². The number of piperazine rings is 1. The second-order valence-corrected chi connectivity index (χ2v) is 8.19. The average Bonchev–Trinajstić information content (AvgIpc) is 3.01. The van der Waals surface area contributed by atoms with Crippen LogP contribution in [0.3, 0.4) is 0 Å². The van der Waals surface area contributed by atoms with Crippen molar-refractivity contribution in [3.8, 4) is 5.75 Å². The van der Waals surface area contributed by atoms with E-state index in [4.69, 9.17) is 4.74 Å². The molecule has 1 aliphatic heterocycles. The number of rotatable bonds is 9. The number of nitrogens with zero attached hydrogens (tertiary/aromatic N) is 3. The highest BCUT2D eigenvalue weighted by Crippen LogP contribution is 2.31. The van der Waals surface area contributed by atoms with Crippen molar-refractivity contribution in [3.63, 3.8) is 0 Å². The fraction of sp³-hybridized carbons (Fsp3) is 0.609. The normalized spacial score (nSPS) is 16.2. The van der Waals surface area contributed by atoms with Crippen LogP contribution in [0.25, 0.3) is 10.9 Å². The number of ether oxygens (including phenoxy) is 1. The van der Waals surface area contributed by atoms with Crippen molar-refractivity contribution < 1.29 is 9.53 Å². The Morgan fingerprint density at radius 3 is 2.46 bits per heavy atom. The van der Waals surface area contributed by atoms with Gasteiger partial charge in [-0.25, -0.2) is 0 Å². The molecule has 1 saturated heterocycles. The van der Waals surface area contributed by atoms with E-state index in [2.05, 4.69) is 59.5 Å². The number of aromatic nitrogens is 1. The third-order valence-corrected chi connectivity index (χ3v) is 5.47. The predicted octanol–water partition coefficient (Wildman–Crippen LogP) is 3.59. The van der Waals surface area contributed by atoms with E-state index in [-0.39, 0.29) is 11.9 Å². The molecular formula is C23H35N3O2. The number of aryl methyl sites for hydroxylation is 2. The van der Waals surface area contributed by atoms with Crippen molar-refractivity contribution in [3.05, 3.63) is 30.0 Å². The van der Waals surface area contributed by atoms with Crippen LogP contribution in [0.5, 0.6) is 5.75 Å². The van der Waals surface area contributed by atoms with Crippen molar-refractivity contribution >= 4 is 16.7 Å². The Hall–Kier alpha value is -1.85. The number of carbonyl (C=O) groups is 1. The number of benzene rings is 1. The Kier molecular flexibility index (Phi) is 7.13. The molecule has 1 fully saturated rings. The zero-order valence-electron chi connectivity index (χ0n) is 17.9. The predicted molar refractivity (Wildman–Crippen MR) is 115 cm³/mol. The van der Waals surface area contributed by atoms with Crippen LogP contribution in [-0.2, 0) is 17.8 Å². The van der Waals surface area contributed by atoms with E-state index < -0.39 is 0 Å². The summed E-state index contributed by atoms with van der Waals surface area (Å²) in [6.07, 6.45) is 4.63. The van der Waals surface area contributed by atoms with Crippen molar-refractivity contribution in [1.29, 1.82) is 0 Å². The molecular weight excluding hydrogens is 350 g/mol. The van der Waals surface area contributed by atoms with E-state index in [9.17, 15) is 4.79 Å². The maximum atomic E-state index is 11.3. The third kappa shape index (κ3) is 5.15. The van der Waals surface area contributed by atoms with Crippen LogP contribution in [0.2, 0.25) is 0 Å². The lowest BCUT2D eigenvalue weighted by atomic mass is 10.1. The highest BCUT2D eigenvalue weighted by atomic mass is 16.5. The van der Waals surface area contributed by atoms with Crippen LogP contribution in [-0.4, -0.2) is 65.5 Å². The average molecular weight is 386 g/mol. The molecule has 0 aliphatic carbocycles. The first-order chi connectivity index (χ1) is 13.5. The molecule has 0 bridgehead atoms. The zero-order valence-corrected chi connectivity index (χ0v) is 17.9. The van der Waals surface area contributed by atoms with E-state index in [1.54, 1.807) is 6.92 Å². The summed E-state index contributed by atoms with van der Waals surface area (Å²) in [6, 6.07) is 6.41. The molecule has 2 aromatic rings. The minimum atomic E-state index is 0.172. The molecule has 2 heterocycles. The van der Waals surface area contributed by atoms with Crippen LogP contribution in [0.1, 0.15) is 39.7 Å². The standard InChI is InChI=1S/C23H35N3O2/c1-5-20-17-26(23-21(20)8-6-9-22(23)28-18(2)3)11-7-10-24-12-14-25(15-13-24)16-19(4)27/h6,8-9,17-18H,5,7,10-16H2,1-4H3. The van der Waals surface area contributed by atoms with Gasteiger partial charge in [-0.3, -0.25) is 9.69 Å². The molecule has 1 aromatic carbocycles. The third-order valence-electron chi connectivity index (χ3n) is 5.47. The van der Waals surface area contributed by atoms with E-state index in [0.717, 1.165) is 57.9 Å². The largest absolute Gasteiger partial charge is 0.489 e. The second kappa shape index (κ2) is 9.57. The molecule has 3 rings (SSSR count). The number of para-hydroxylation sites is 1. The lowest BCUT2D eigenvalue weighted by Gasteiger charge is -2.34. The first-order valence-corrected chi connectivity index (χ1v) is 10.7. The number of hydrogen-bond acceptors (Lipinski definition) is 4. The molecule has 0 N–H and O–H groups in total. The zero-order chi connectivity index (χ0) is 20.1. The Morgan fingerprint density at radius 1 is 1.11 bits per heavy atom. The van der Waals surface area contributed by atoms with E-state index in [1.807, 2.05) is 0 Å². The Balaban J connectivity index is 1.62. The molecule has 154 valence electrons. The molecule has 0 amide bonds. The van der Waals surface area contributed by atoms with E-state index in [0.29, 0.717) is 6.54 Å². The molecule has 0 spiro atoms. The Bertz CT molecular complexity index is 788. The maximum Gasteiger partial charge on any atom is 0.143 e. The van der Waals surface area contributed by atoms with Crippen molar-refractivity contribution in [2.45, 2.75) is 53.2 Å². The summed E-state index contributed by atoms with van der Waals surface area (Å²) >= 11 is 0. The summed E-state index contributed by atoms with van der Waals surface area (Å²) in [4.78, 5) is 16.1. The van der Waals surface area contributed by atoms with Gasteiger partial charge in [0.1, 0.15) is 11.5 Å². The van der Waals surface area contributed by atoms with Gasteiger partial charge in [-0.2, -0.15) is 0 Å². The fourth-order valence-corrected chi connectivity index (χ4v) is 4.16. The Labute approximate surface area is 169 Å². The maximum absolute atomic E-state index is 11.3. The van der Waals surface area contributed by atoms with Gasteiger partial charge in [0.15, 0.2) is 0 Å². The van der Waals surface area contributed by atoms with Gasteiger partial charge < -0.3 is 14.2 Å². The SMILES string of the molecule is CCc1cn(CCCN2CCN(CC(C)=O)CC2)c2c(OC(C)C)cccc12. The molecule has 5 heteroatoms. The highest BCUT2D eigenvalue weighted by molar-refractivity contribution is 5.89. The fourth-order valence-electron chi connectivity index (χ4n) is 4.16. The Morgan fingerprint density at radius 2 is 1.82 bits per heavy atom. The van der Waals surface area contributed by atoms with Gasteiger partial charge >= 0.3 is 0 Å². The van der Waals surface area contributed by atoms with Crippen LogP contribution < -0.4 is 4.74 Å². The lowest BCUT2D eigenvalue weighted by molar-refractivity contribution is -0.118. The molecule has 0 saturated carbocycles. The van der Waals surface area contributed by atoms with Crippen molar-refractivity contribution in [1.82, 2.24) is 14.4 Å². The topological polar surface area (TPSA) is 37.7 Å². The quantitative estimate of drug-likeness (QED) is 0.661. The molecule has 1 aliphatic rings. The summed E-state index contributed by atoms with van der Waals surface area (Å²) in [5.41, 5.74) is 2.63. The minimum absolute atomic E-state index is 0.172. The van der Waals surface area contributed by atoms with Crippen LogP contribution in [0, 0.1) is 0 Å². The summed E-state index contributed by atoms with van der Waals surface area (Å²) in [6.45, 7) is 14.9. The molecule has 0 atom stereocenters. The summed E-state index contributed by atoms with van der Waals surface area (Å²) in [7, 11) is 0. The smallest absolute Gasteiger partial charge is 0.143 e.